The molecule has 0 atom stereocenters. The van der Waals surface area contributed by atoms with Crippen LogP contribution in [-0.4, -0.2) is 9.13 Å². The van der Waals surface area contributed by atoms with Crippen LogP contribution in [0, 0.1) is 0 Å². The third-order valence-corrected chi connectivity index (χ3v) is 2.48. The Bertz CT molecular complexity index is 495. The van der Waals surface area contributed by atoms with Crippen molar-refractivity contribution in [3.05, 3.63) is 20.8 Å². The number of anilines is 2. The van der Waals surface area contributed by atoms with Crippen LogP contribution in [0.1, 0.15) is 18.9 Å². The number of nitrogens with zero attached hydrogens (tertiary/aromatic N) is 2. The molecule has 0 radical (unpaired) electrons. The molecule has 1 aliphatic rings. The van der Waals surface area contributed by atoms with Crippen LogP contribution in [0.4, 0.5) is 11.5 Å². The average molecular weight is 196 g/mol. The molecule has 14 heavy (non-hydrogen) atoms. The molecule has 2 rings (SSSR count). The van der Waals surface area contributed by atoms with E-state index in [1.54, 1.807) is 0 Å². The summed E-state index contributed by atoms with van der Waals surface area (Å²) in [6.45, 7) is 0. The van der Waals surface area contributed by atoms with Crippen molar-refractivity contribution in [2.45, 2.75) is 18.9 Å². The Labute approximate surface area is 79.7 Å². The maximum Gasteiger partial charge on any atom is 0.332 e. The third-order valence-electron chi connectivity index (χ3n) is 2.48. The smallest absolute Gasteiger partial charge is 0.332 e. The zero-order valence-corrected chi connectivity index (χ0v) is 7.86. The van der Waals surface area contributed by atoms with Crippen molar-refractivity contribution in [3.63, 3.8) is 0 Å². The number of nitrogen functional groups attached to an aromatic ring is 2. The van der Waals surface area contributed by atoms with Crippen LogP contribution in [-0.2, 0) is 7.05 Å². The van der Waals surface area contributed by atoms with Gasteiger partial charge < -0.3 is 11.5 Å². The molecule has 0 aliphatic heterocycles. The number of hydrogen-bond donors (Lipinski definition) is 2. The van der Waals surface area contributed by atoms with Gasteiger partial charge in [-0.1, -0.05) is 0 Å². The molecule has 1 saturated carbocycles. The molecular weight excluding hydrogens is 184 g/mol. The van der Waals surface area contributed by atoms with Crippen molar-refractivity contribution in [1.82, 2.24) is 9.13 Å². The van der Waals surface area contributed by atoms with Gasteiger partial charge in [-0.15, -0.1) is 0 Å². The summed E-state index contributed by atoms with van der Waals surface area (Å²) in [5.74, 6) is 0.0978. The molecule has 1 heterocycles. The van der Waals surface area contributed by atoms with E-state index in [0.717, 1.165) is 17.4 Å². The van der Waals surface area contributed by atoms with Crippen LogP contribution in [0.5, 0.6) is 0 Å². The Balaban J connectivity index is 2.83. The predicted molar refractivity (Wildman–Crippen MR) is 53.0 cm³/mol. The van der Waals surface area contributed by atoms with Gasteiger partial charge in [-0.2, -0.15) is 0 Å². The lowest BCUT2D eigenvalue weighted by atomic mass is 10.4. The van der Waals surface area contributed by atoms with Crippen LogP contribution in [0.15, 0.2) is 9.59 Å². The first-order valence-corrected chi connectivity index (χ1v) is 4.40. The topological polar surface area (TPSA) is 96.0 Å². The molecular formula is C8H12N4O2. The van der Waals surface area contributed by atoms with Gasteiger partial charge in [0, 0.05) is 13.1 Å². The standard InChI is InChI=1S/C8H12N4O2/c1-11-7(13)5(9)6(10)12(8(11)14)4-2-3-4/h4H,2-3,9-10H2,1H3. The van der Waals surface area contributed by atoms with Gasteiger partial charge in [-0.05, 0) is 12.8 Å². The van der Waals surface area contributed by atoms with E-state index in [9.17, 15) is 9.59 Å². The molecule has 0 aromatic carbocycles. The Morgan fingerprint density at radius 3 is 2.36 bits per heavy atom. The maximum absolute atomic E-state index is 11.6. The normalized spacial score (nSPS) is 15.8. The molecule has 76 valence electrons. The minimum Gasteiger partial charge on any atom is -0.391 e. The molecule has 0 unspecified atom stereocenters. The molecule has 0 amide bonds. The van der Waals surface area contributed by atoms with Crippen molar-refractivity contribution in [2.75, 3.05) is 11.5 Å². The summed E-state index contributed by atoms with van der Waals surface area (Å²) in [5, 5.41) is 0. The highest BCUT2D eigenvalue weighted by molar-refractivity contribution is 5.57. The van der Waals surface area contributed by atoms with Crippen molar-refractivity contribution >= 4 is 11.5 Å². The summed E-state index contributed by atoms with van der Waals surface area (Å²) < 4.78 is 2.39. The third kappa shape index (κ3) is 1.03. The summed E-state index contributed by atoms with van der Waals surface area (Å²) >= 11 is 0. The molecule has 0 bridgehead atoms. The lowest BCUT2D eigenvalue weighted by Gasteiger charge is -2.11. The summed E-state index contributed by atoms with van der Waals surface area (Å²) in [4.78, 5) is 23.0. The fourth-order valence-electron chi connectivity index (χ4n) is 1.46. The van der Waals surface area contributed by atoms with Crippen LogP contribution in [0.3, 0.4) is 0 Å². The summed E-state index contributed by atoms with van der Waals surface area (Å²) in [5.41, 5.74) is 10.2. The summed E-state index contributed by atoms with van der Waals surface area (Å²) in [7, 11) is 1.40. The minimum absolute atomic E-state index is 0.0426. The monoisotopic (exact) mass is 196 g/mol. The lowest BCUT2D eigenvalue weighted by molar-refractivity contribution is 0.629. The SMILES string of the molecule is Cn1c(=O)c(N)c(N)n(C2CC2)c1=O. The number of hydrogen-bond acceptors (Lipinski definition) is 4. The van der Waals surface area contributed by atoms with Gasteiger partial charge in [0.2, 0.25) is 0 Å². The maximum atomic E-state index is 11.6. The molecule has 6 nitrogen and oxygen atoms in total. The van der Waals surface area contributed by atoms with Gasteiger partial charge in [0.05, 0.1) is 0 Å². The van der Waals surface area contributed by atoms with Crippen LogP contribution in [0.25, 0.3) is 0 Å². The van der Waals surface area contributed by atoms with Crippen molar-refractivity contribution in [2.24, 2.45) is 7.05 Å². The van der Waals surface area contributed by atoms with E-state index >= 15 is 0 Å². The largest absolute Gasteiger partial charge is 0.391 e. The molecule has 6 heteroatoms. The zero-order chi connectivity index (χ0) is 10.5. The fraction of sp³-hybridized carbons (Fsp3) is 0.500. The van der Waals surface area contributed by atoms with E-state index in [0.29, 0.717) is 0 Å². The quantitative estimate of drug-likeness (QED) is 0.605. The number of aromatic nitrogens is 2. The number of rotatable bonds is 1. The average Bonchev–Trinajstić information content (AvgIpc) is 2.96. The Hall–Kier alpha value is -1.72. The van der Waals surface area contributed by atoms with Gasteiger partial charge in [-0.25, -0.2) is 4.79 Å². The Morgan fingerprint density at radius 1 is 1.29 bits per heavy atom. The van der Waals surface area contributed by atoms with E-state index in [4.69, 9.17) is 11.5 Å². The van der Waals surface area contributed by atoms with Crippen molar-refractivity contribution in [3.8, 4) is 0 Å². The van der Waals surface area contributed by atoms with E-state index < -0.39 is 5.56 Å². The fourth-order valence-corrected chi connectivity index (χ4v) is 1.46. The lowest BCUT2D eigenvalue weighted by Crippen LogP contribution is -2.40. The molecule has 0 spiro atoms. The Kier molecular flexibility index (Phi) is 1.67. The molecule has 1 aromatic heterocycles. The van der Waals surface area contributed by atoms with Gasteiger partial charge in [0.25, 0.3) is 5.56 Å². The van der Waals surface area contributed by atoms with Crippen LogP contribution < -0.4 is 22.7 Å². The zero-order valence-electron chi connectivity index (χ0n) is 7.86. The summed E-state index contributed by atoms with van der Waals surface area (Å²) in [6, 6.07) is 0.122. The number of nitrogens with two attached hydrogens (primary N) is 2. The van der Waals surface area contributed by atoms with Gasteiger partial charge in [0.15, 0.2) is 0 Å². The van der Waals surface area contributed by atoms with E-state index in [2.05, 4.69) is 0 Å². The first kappa shape index (κ1) is 8.86. The molecule has 1 aliphatic carbocycles. The molecule has 1 aromatic rings. The molecule has 4 N–H and O–H groups in total. The van der Waals surface area contributed by atoms with Gasteiger partial charge >= 0.3 is 5.69 Å². The van der Waals surface area contributed by atoms with Crippen LogP contribution >= 0.6 is 0 Å². The summed E-state index contributed by atoms with van der Waals surface area (Å²) in [6.07, 6.45) is 1.84. The van der Waals surface area contributed by atoms with Gasteiger partial charge in [-0.3, -0.25) is 13.9 Å². The molecule has 0 saturated heterocycles. The highest BCUT2D eigenvalue weighted by atomic mass is 16.2. The van der Waals surface area contributed by atoms with E-state index in [1.165, 1.54) is 11.6 Å². The highest BCUT2D eigenvalue weighted by Crippen LogP contribution is 2.35. The first-order chi connectivity index (χ1) is 6.54. The second-order valence-electron chi connectivity index (χ2n) is 3.55. The highest BCUT2D eigenvalue weighted by Gasteiger charge is 2.28. The van der Waals surface area contributed by atoms with Crippen molar-refractivity contribution < 1.29 is 0 Å². The first-order valence-electron chi connectivity index (χ1n) is 4.40. The van der Waals surface area contributed by atoms with E-state index in [1.807, 2.05) is 0 Å². The molecule has 1 fully saturated rings. The van der Waals surface area contributed by atoms with Crippen molar-refractivity contribution in [1.29, 1.82) is 0 Å². The second-order valence-corrected chi connectivity index (χ2v) is 3.55. The second kappa shape index (κ2) is 2.63. The minimum atomic E-state index is -0.524. The van der Waals surface area contributed by atoms with Crippen LogP contribution in [0.2, 0.25) is 0 Å². The van der Waals surface area contributed by atoms with Gasteiger partial charge in [0.1, 0.15) is 11.5 Å². The van der Waals surface area contributed by atoms with E-state index in [-0.39, 0.29) is 23.2 Å². The Morgan fingerprint density at radius 2 is 1.86 bits per heavy atom. The predicted octanol–water partition coefficient (Wildman–Crippen LogP) is -0.954.